The Hall–Kier alpha value is -0.870. The molecule has 0 aromatic heterocycles. The van der Waals surface area contributed by atoms with E-state index in [1.165, 1.54) is 4.90 Å². The smallest absolute Gasteiger partial charge is 0.282 e. The highest BCUT2D eigenvalue weighted by Gasteiger charge is 2.15. The summed E-state index contributed by atoms with van der Waals surface area (Å²) < 4.78 is 5.08. The van der Waals surface area contributed by atoms with Crippen molar-refractivity contribution in [2.75, 3.05) is 12.4 Å². The molecular formula is C11H13ClN2OS. The maximum Gasteiger partial charge on any atom is 0.282 e. The van der Waals surface area contributed by atoms with Crippen molar-refractivity contribution < 1.29 is 4.74 Å². The van der Waals surface area contributed by atoms with Crippen LogP contribution in [0.25, 0.3) is 0 Å². The molecule has 2 rings (SSSR count). The molecule has 0 spiro atoms. The van der Waals surface area contributed by atoms with Crippen LogP contribution in [-0.4, -0.2) is 24.4 Å². The lowest BCUT2D eigenvalue weighted by Gasteiger charge is -2.04. The van der Waals surface area contributed by atoms with Gasteiger partial charge in [-0.15, -0.1) is 11.8 Å². The first kappa shape index (κ1) is 11.6. The average molecular weight is 257 g/mol. The normalized spacial score (nSPS) is 19.3. The van der Waals surface area contributed by atoms with E-state index in [9.17, 15) is 0 Å². The van der Waals surface area contributed by atoms with Gasteiger partial charge in [0.05, 0.1) is 6.04 Å². The van der Waals surface area contributed by atoms with Crippen LogP contribution < -0.4 is 5.73 Å². The zero-order valence-electron chi connectivity index (χ0n) is 8.73. The standard InChI is InChI=1S/C11H13ClN2OS/c12-8-1-3-10(4-2-8)16-6-5-9-7-15-11(13)14-9/h1-4,9H,5-7H2,(H2,13,14)/t9-/m0/s1. The first-order valence-electron chi connectivity index (χ1n) is 5.08. The van der Waals surface area contributed by atoms with E-state index < -0.39 is 0 Å². The summed E-state index contributed by atoms with van der Waals surface area (Å²) in [6.07, 6.45) is 0.980. The molecule has 1 heterocycles. The zero-order valence-corrected chi connectivity index (χ0v) is 10.3. The van der Waals surface area contributed by atoms with Crippen LogP contribution in [0.2, 0.25) is 5.02 Å². The first-order chi connectivity index (χ1) is 7.74. The number of rotatable bonds is 4. The molecule has 0 unspecified atom stereocenters. The Morgan fingerprint density at radius 1 is 1.44 bits per heavy atom. The predicted molar refractivity (Wildman–Crippen MR) is 68.2 cm³/mol. The van der Waals surface area contributed by atoms with Crippen LogP contribution in [0.1, 0.15) is 6.42 Å². The number of nitrogens with two attached hydrogens (primary N) is 1. The highest BCUT2D eigenvalue weighted by atomic mass is 35.5. The van der Waals surface area contributed by atoms with Crippen molar-refractivity contribution in [3.63, 3.8) is 0 Å². The van der Waals surface area contributed by atoms with E-state index in [-0.39, 0.29) is 6.04 Å². The second-order valence-corrected chi connectivity index (χ2v) is 5.13. The molecular weight excluding hydrogens is 244 g/mol. The number of hydrogen-bond acceptors (Lipinski definition) is 4. The number of halogens is 1. The van der Waals surface area contributed by atoms with E-state index in [2.05, 4.69) is 4.99 Å². The van der Waals surface area contributed by atoms with Crippen molar-refractivity contribution in [1.29, 1.82) is 0 Å². The van der Waals surface area contributed by atoms with E-state index in [4.69, 9.17) is 22.1 Å². The van der Waals surface area contributed by atoms with Gasteiger partial charge in [-0.05, 0) is 30.7 Å². The van der Waals surface area contributed by atoms with E-state index in [0.717, 1.165) is 17.2 Å². The minimum atomic E-state index is 0.222. The van der Waals surface area contributed by atoms with Gasteiger partial charge in [-0.2, -0.15) is 0 Å². The monoisotopic (exact) mass is 256 g/mol. The van der Waals surface area contributed by atoms with Gasteiger partial charge in [-0.1, -0.05) is 11.6 Å². The van der Waals surface area contributed by atoms with Crippen LogP contribution in [0.4, 0.5) is 0 Å². The molecule has 1 aromatic rings. The molecule has 1 atom stereocenters. The summed E-state index contributed by atoms with van der Waals surface area (Å²) in [5, 5.41) is 0.769. The second kappa shape index (κ2) is 5.46. The molecule has 3 nitrogen and oxygen atoms in total. The van der Waals surface area contributed by atoms with Crippen molar-refractivity contribution in [3.8, 4) is 0 Å². The summed E-state index contributed by atoms with van der Waals surface area (Å²) >= 11 is 7.60. The third-order valence-electron chi connectivity index (χ3n) is 2.27. The number of thioether (sulfide) groups is 1. The van der Waals surface area contributed by atoms with E-state index >= 15 is 0 Å². The fraction of sp³-hybridized carbons (Fsp3) is 0.364. The topological polar surface area (TPSA) is 47.6 Å². The largest absolute Gasteiger partial charge is 0.463 e. The molecule has 0 fully saturated rings. The average Bonchev–Trinajstić information content (AvgIpc) is 2.67. The predicted octanol–water partition coefficient (Wildman–Crippen LogP) is 2.54. The number of nitrogens with zero attached hydrogens (tertiary/aromatic N) is 1. The molecule has 2 N–H and O–H groups in total. The Labute approximate surface area is 104 Å². The molecule has 5 heteroatoms. The van der Waals surface area contributed by atoms with Gasteiger partial charge in [0.15, 0.2) is 0 Å². The summed E-state index contributed by atoms with van der Waals surface area (Å²) in [6, 6.07) is 8.39. The van der Waals surface area contributed by atoms with Gasteiger partial charge in [-0.3, -0.25) is 0 Å². The molecule has 0 amide bonds. The van der Waals surface area contributed by atoms with E-state index in [1.54, 1.807) is 11.8 Å². The number of hydrogen-bond donors (Lipinski definition) is 1. The molecule has 1 aliphatic rings. The molecule has 1 aliphatic heterocycles. The third-order valence-corrected chi connectivity index (χ3v) is 3.56. The van der Waals surface area contributed by atoms with Crippen LogP contribution in [0.15, 0.2) is 34.2 Å². The zero-order chi connectivity index (χ0) is 11.4. The summed E-state index contributed by atoms with van der Waals surface area (Å²) in [6.45, 7) is 0.618. The van der Waals surface area contributed by atoms with Gasteiger partial charge < -0.3 is 10.5 Å². The SMILES string of the molecule is NC1=N[C@@H](CCSc2ccc(Cl)cc2)CO1. The lowest BCUT2D eigenvalue weighted by Crippen LogP contribution is -2.10. The molecule has 0 radical (unpaired) electrons. The Morgan fingerprint density at radius 3 is 2.81 bits per heavy atom. The third kappa shape index (κ3) is 3.32. The molecule has 0 bridgehead atoms. The van der Waals surface area contributed by atoms with Gasteiger partial charge in [0.2, 0.25) is 0 Å². The fourth-order valence-corrected chi connectivity index (χ4v) is 2.51. The van der Waals surface area contributed by atoms with Crippen LogP contribution in [0, 0.1) is 0 Å². The van der Waals surface area contributed by atoms with Crippen molar-refractivity contribution in [3.05, 3.63) is 29.3 Å². The second-order valence-electron chi connectivity index (χ2n) is 3.52. The van der Waals surface area contributed by atoms with E-state index in [1.807, 2.05) is 24.3 Å². The number of amidine groups is 1. The van der Waals surface area contributed by atoms with Crippen molar-refractivity contribution >= 4 is 29.4 Å². The lowest BCUT2D eigenvalue weighted by atomic mass is 10.3. The number of aliphatic imine (C=N–C) groups is 1. The summed E-state index contributed by atoms with van der Waals surface area (Å²) in [5.41, 5.74) is 5.43. The van der Waals surface area contributed by atoms with Crippen molar-refractivity contribution in [2.45, 2.75) is 17.4 Å². The minimum absolute atomic E-state index is 0.222. The minimum Gasteiger partial charge on any atom is -0.463 e. The van der Waals surface area contributed by atoms with Crippen LogP contribution in [-0.2, 0) is 4.74 Å². The van der Waals surface area contributed by atoms with Crippen molar-refractivity contribution in [1.82, 2.24) is 0 Å². The first-order valence-corrected chi connectivity index (χ1v) is 6.45. The molecule has 1 aromatic carbocycles. The van der Waals surface area contributed by atoms with Crippen LogP contribution in [0.3, 0.4) is 0 Å². The van der Waals surface area contributed by atoms with Gasteiger partial charge in [-0.25, -0.2) is 4.99 Å². The Kier molecular flexibility index (Phi) is 3.96. The Morgan fingerprint density at radius 2 is 2.19 bits per heavy atom. The highest BCUT2D eigenvalue weighted by Crippen LogP contribution is 2.22. The maximum absolute atomic E-state index is 5.81. The number of ether oxygens (including phenoxy) is 1. The fourth-order valence-electron chi connectivity index (χ4n) is 1.43. The molecule has 0 aliphatic carbocycles. The molecule has 0 saturated carbocycles. The molecule has 0 saturated heterocycles. The quantitative estimate of drug-likeness (QED) is 0.843. The highest BCUT2D eigenvalue weighted by molar-refractivity contribution is 7.99. The van der Waals surface area contributed by atoms with Crippen LogP contribution in [0.5, 0.6) is 0 Å². The maximum atomic E-state index is 5.81. The lowest BCUT2D eigenvalue weighted by molar-refractivity contribution is 0.311. The summed E-state index contributed by atoms with van der Waals surface area (Å²) in [4.78, 5) is 5.39. The van der Waals surface area contributed by atoms with Gasteiger partial charge in [0, 0.05) is 15.7 Å². The Bertz CT molecular complexity index is 380. The van der Waals surface area contributed by atoms with Crippen LogP contribution >= 0.6 is 23.4 Å². The van der Waals surface area contributed by atoms with Gasteiger partial charge in [0.1, 0.15) is 6.61 Å². The summed E-state index contributed by atoms with van der Waals surface area (Å²) in [7, 11) is 0. The van der Waals surface area contributed by atoms with Gasteiger partial charge in [0.25, 0.3) is 6.02 Å². The molecule has 86 valence electrons. The van der Waals surface area contributed by atoms with Crippen molar-refractivity contribution in [2.24, 2.45) is 10.7 Å². The van der Waals surface area contributed by atoms with E-state index in [0.29, 0.717) is 12.6 Å². The van der Waals surface area contributed by atoms with Gasteiger partial charge >= 0.3 is 0 Å². The summed E-state index contributed by atoms with van der Waals surface area (Å²) in [5.74, 6) is 1.01. The Balaban J connectivity index is 1.74. The number of benzene rings is 1. The molecule has 16 heavy (non-hydrogen) atoms.